The molecular formula is C12H17BrS. The Morgan fingerprint density at radius 2 is 2.14 bits per heavy atom. The fourth-order valence-electron chi connectivity index (χ4n) is 1.72. The Morgan fingerprint density at radius 1 is 1.43 bits per heavy atom. The van der Waals surface area contributed by atoms with Crippen LogP contribution in [0.5, 0.6) is 0 Å². The van der Waals surface area contributed by atoms with E-state index in [1.807, 2.05) is 11.3 Å². The van der Waals surface area contributed by atoms with E-state index in [0.717, 1.165) is 11.8 Å². The first-order valence-electron chi connectivity index (χ1n) is 5.18. The van der Waals surface area contributed by atoms with Gasteiger partial charge in [0.25, 0.3) is 0 Å². The molecule has 1 heterocycles. The summed E-state index contributed by atoms with van der Waals surface area (Å²) in [6, 6.07) is 4.64. The Labute approximate surface area is 98.9 Å². The minimum atomic E-state index is 0.321. The smallest absolute Gasteiger partial charge is 0.0102 e. The minimum absolute atomic E-state index is 0.321. The van der Waals surface area contributed by atoms with Gasteiger partial charge in [0, 0.05) is 15.1 Å². The summed E-state index contributed by atoms with van der Waals surface area (Å²) in [5.41, 5.74) is 0.321. The van der Waals surface area contributed by atoms with Gasteiger partial charge in [0.2, 0.25) is 0 Å². The van der Waals surface area contributed by atoms with Gasteiger partial charge in [-0.3, -0.25) is 0 Å². The van der Waals surface area contributed by atoms with Gasteiger partial charge in [-0.15, -0.1) is 11.3 Å². The number of alkyl halides is 1. The molecule has 0 spiro atoms. The number of thiophene rings is 1. The van der Waals surface area contributed by atoms with Crippen LogP contribution in [0.3, 0.4) is 0 Å². The molecule has 1 fully saturated rings. The van der Waals surface area contributed by atoms with Crippen LogP contribution < -0.4 is 0 Å². The molecule has 0 saturated heterocycles. The van der Waals surface area contributed by atoms with Crippen molar-refractivity contribution >= 4 is 27.3 Å². The van der Waals surface area contributed by atoms with E-state index < -0.39 is 0 Å². The standard InChI is InChI=1S/C12H17BrS/c1-12(2,3)11-5-4-10(14-11)9-6-8(9)7-13/h4-5,8-9H,6-7H2,1-3H3. The van der Waals surface area contributed by atoms with E-state index in [1.165, 1.54) is 16.6 Å². The maximum absolute atomic E-state index is 3.56. The third-order valence-corrected chi connectivity index (χ3v) is 5.33. The normalized spacial score (nSPS) is 26.6. The average molecular weight is 273 g/mol. The van der Waals surface area contributed by atoms with Gasteiger partial charge in [-0.05, 0) is 35.8 Å². The second-order valence-corrected chi connectivity index (χ2v) is 6.97. The molecule has 1 aliphatic rings. The third kappa shape index (κ3) is 2.06. The van der Waals surface area contributed by atoms with Gasteiger partial charge in [-0.1, -0.05) is 36.7 Å². The summed E-state index contributed by atoms with van der Waals surface area (Å²) < 4.78 is 0. The van der Waals surface area contributed by atoms with Crippen LogP contribution in [0.15, 0.2) is 12.1 Å². The predicted octanol–water partition coefficient (Wildman–Crippen LogP) is 4.54. The highest BCUT2D eigenvalue weighted by Gasteiger charge is 2.38. The van der Waals surface area contributed by atoms with Crippen molar-refractivity contribution in [3.8, 4) is 0 Å². The Morgan fingerprint density at radius 3 is 2.57 bits per heavy atom. The van der Waals surface area contributed by atoms with Crippen LogP contribution in [-0.2, 0) is 5.41 Å². The molecule has 1 aromatic heterocycles. The summed E-state index contributed by atoms with van der Waals surface area (Å²) in [6.45, 7) is 6.87. The average Bonchev–Trinajstić information content (AvgIpc) is 2.71. The van der Waals surface area contributed by atoms with Gasteiger partial charge in [0.05, 0.1) is 0 Å². The van der Waals surface area contributed by atoms with Crippen molar-refractivity contribution < 1.29 is 0 Å². The monoisotopic (exact) mass is 272 g/mol. The maximum atomic E-state index is 3.56. The van der Waals surface area contributed by atoms with Crippen molar-refractivity contribution in [1.29, 1.82) is 0 Å². The number of hydrogen-bond donors (Lipinski definition) is 0. The quantitative estimate of drug-likeness (QED) is 0.694. The SMILES string of the molecule is CC(C)(C)c1ccc(C2CC2CBr)s1. The molecule has 14 heavy (non-hydrogen) atoms. The molecule has 0 aromatic carbocycles. The highest BCUT2D eigenvalue weighted by Crippen LogP contribution is 2.51. The molecule has 0 bridgehead atoms. The lowest BCUT2D eigenvalue weighted by Gasteiger charge is -2.15. The van der Waals surface area contributed by atoms with E-state index in [0.29, 0.717) is 5.41 Å². The van der Waals surface area contributed by atoms with E-state index in [1.54, 1.807) is 4.88 Å². The first kappa shape index (κ1) is 10.7. The molecule has 0 nitrogen and oxygen atoms in total. The predicted molar refractivity (Wildman–Crippen MR) is 67.7 cm³/mol. The first-order chi connectivity index (χ1) is 6.52. The molecule has 2 rings (SSSR count). The van der Waals surface area contributed by atoms with Crippen molar-refractivity contribution in [2.45, 2.75) is 38.5 Å². The molecule has 0 radical (unpaired) electrons. The zero-order chi connectivity index (χ0) is 10.3. The lowest BCUT2D eigenvalue weighted by atomic mass is 9.95. The summed E-state index contributed by atoms with van der Waals surface area (Å²) in [6.07, 6.45) is 1.38. The van der Waals surface area contributed by atoms with Crippen LogP contribution in [0.2, 0.25) is 0 Å². The molecule has 0 aliphatic heterocycles. The Kier molecular flexibility index (Phi) is 2.78. The van der Waals surface area contributed by atoms with Gasteiger partial charge in [-0.25, -0.2) is 0 Å². The molecule has 78 valence electrons. The molecule has 2 atom stereocenters. The van der Waals surface area contributed by atoms with E-state index in [2.05, 4.69) is 48.8 Å². The van der Waals surface area contributed by atoms with Gasteiger partial charge in [0.15, 0.2) is 0 Å². The van der Waals surface area contributed by atoms with Crippen molar-refractivity contribution in [3.63, 3.8) is 0 Å². The van der Waals surface area contributed by atoms with Gasteiger partial charge in [0.1, 0.15) is 0 Å². The minimum Gasteiger partial charge on any atom is -0.145 e. The van der Waals surface area contributed by atoms with Crippen molar-refractivity contribution in [1.82, 2.24) is 0 Å². The van der Waals surface area contributed by atoms with Gasteiger partial charge < -0.3 is 0 Å². The summed E-state index contributed by atoms with van der Waals surface area (Å²) >= 11 is 5.57. The fourth-order valence-corrected chi connectivity index (χ4v) is 3.71. The van der Waals surface area contributed by atoms with Crippen molar-refractivity contribution in [2.24, 2.45) is 5.92 Å². The molecule has 1 aromatic rings. The largest absolute Gasteiger partial charge is 0.145 e. The first-order valence-corrected chi connectivity index (χ1v) is 7.12. The summed E-state index contributed by atoms with van der Waals surface area (Å²) in [7, 11) is 0. The van der Waals surface area contributed by atoms with E-state index in [9.17, 15) is 0 Å². The third-order valence-electron chi connectivity index (χ3n) is 2.85. The Balaban J connectivity index is 2.12. The van der Waals surface area contributed by atoms with E-state index in [-0.39, 0.29) is 0 Å². The lowest BCUT2D eigenvalue weighted by molar-refractivity contribution is 0.604. The molecule has 0 N–H and O–H groups in total. The molecule has 1 aliphatic carbocycles. The van der Waals surface area contributed by atoms with Crippen molar-refractivity contribution in [2.75, 3.05) is 5.33 Å². The summed E-state index contributed by atoms with van der Waals surface area (Å²) in [5.74, 6) is 1.76. The van der Waals surface area contributed by atoms with E-state index in [4.69, 9.17) is 0 Å². The zero-order valence-corrected chi connectivity index (χ0v) is 11.4. The fraction of sp³-hybridized carbons (Fsp3) is 0.667. The second-order valence-electron chi connectivity index (χ2n) is 5.21. The highest BCUT2D eigenvalue weighted by molar-refractivity contribution is 9.09. The second kappa shape index (κ2) is 3.64. The van der Waals surface area contributed by atoms with Crippen LogP contribution in [0, 0.1) is 5.92 Å². The van der Waals surface area contributed by atoms with Crippen LogP contribution in [0.25, 0.3) is 0 Å². The molecule has 0 amide bonds. The Bertz CT molecular complexity index is 321. The number of halogens is 1. The lowest BCUT2D eigenvalue weighted by Crippen LogP contribution is -2.07. The molecular weight excluding hydrogens is 256 g/mol. The van der Waals surface area contributed by atoms with E-state index >= 15 is 0 Å². The summed E-state index contributed by atoms with van der Waals surface area (Å²) in [5, 5.41) is 1.17. The maximum Gasteiger partial charge on any atom is 0.0102 e. The molecule has 2 unspecified atom stereocenters. The van der Waals surface area contributed by atoms with Gasteiger partial charge >= 0.3 is 0 Å². The summed E-state index contributed by atoms with van der Waals surface area (Å²) in [4.78, 5) is 3.12. The number of hydrogen-bond acceptors (Lipinski definition) is 1. The van der Waals surface area contributed by atoms with Crippen molar-refractivity contribution in [3.05, 3.63) is 21.9 Å². The van der Waals surface area contributed by atoms with Crippen LogP contribution in [0.4, 0.5) is 0 Å². The van der Waals surface area contributed by atoms with Gasteiger partial charge in [-0.2, -0.15) is 0 Å². The van der Waals surface area contributed by atoms with Crippen LogP contribution in [-0.4, -0.2) is 5.33 Å². The number of rotatable bonds is 2. The van der Waals surface area contributed by atoms with Crippen LogP contribution >= 0.6 is 27.3 Å². The van der Waals surface area contributed by atoms with Crippen LogP contribution in [0.1, 0.15) is 42.9 Å². The highest BCUT2D eigenvalue weighted by atomic mass is 79.9. The zero-order valence-electron chi connectivity index (χ0n) is 9.01. The molecule has 1 saturated carbocycles. The molecule has 2 heteroatoms. The Hall–Kier alpha value is 0.180. The topological polar surface area (TPSA) is 0 Å².